The Labute approximate surface area is 130 Å². The number of carbonyl (C=O) groups excluding carboxylic acids is 1. The van der Waals surface area contributed by atoms with E-state index in [1.54, 1.807) is 0 Å². The lowest BCUT2D eigenvalue weighted by atomic mass is 10.2. The molecule has 2 rings (SSSR count). The van der Waals surface area contributed by atoms with Gasteiger partial charge in [-0.25, -0.2) is 4.98 Å². The van der Waals surface area contributed by atoms with Gasteiger partial charge in [-0.15, -0.1) is 11.3 Å². The number of thiophene rings is 1. The van der Waals surface area contributed by atoms with E-state index in [0.29, 0.717) is 16.0 Å². The van der Waals surface area contributed by atoms with Crippen LogP contribution in [0, 0.1) is 13.8 Å². The summed E-state index contributed by atoms with van der Waals surface area (Å²) in [6.07, 6.45) is 0.314. The Hall–Kier alpha value is -2.22. The summed E-state index contributed by atoms with van der Waals surface area (Å²) >= 11 is 1.45. The van der Waals surface area contributed by atoms with Crippen LogP contribution in [0.25, 0.3) is 10.2 Å². The van der Waals surface area contributed by atoms with Crippen LogP contribution in [-0.4, -0.2) is 33.0 Å². The highest BCUT2D eigenvalue weighted by Gasteiger charge is 2.15. The van der Waals surface area contributed by atoms with Gasteiger partial charge in [0.2, 0.25) is 5.91 Å². The number of fused-ring (bicyclic) bond motifs is 1. The van der Waals surface area contributed by atoms with E-state index in [0.717, 1.165) is 10.4 Å². The van der Waals surface area contributed by atoms with Crippen molar-refractivity contribution in [3.05, 3.63) is 26.6 Å². The minimum atomic E-state index is -1.09. The lowest BCUT2D eigenvalue weighted by Gasteiger charge is -2.08. The largest absolute Gasteiger partial charge is 0.480 e. The molecule has 0 spiro atoms. The van der Waals surface area contributed by atoms with E-state index in [1.807, 2.05) is 13.8 Å². The average Bonchev–Trinajstić information content (AvgIpc) is 2.72. The minimum absolute atomic E-state index is 0.0649. The first kappa shape index (κ1) is 16.2. The summed E-state index contributed by atoms with van der Waals surface area (Å²) in [5.74, 6) is -1.06. The van der Waals surface area contributed by atoms with Gasteiger partial charge in [0.25, 0.3) is 5.56 Å². The number of rotatable bonds is 5. The third-order valence-corrected chi connectivity index (χ3v) is 4.53. The summed E-state index contributed by atoms with van der Waals surface area (Å²) < 4.78 is 0. The second-order valence-electron chi connectivity index (χ2n) is 5.10. The zero-order chi connectivity index (χ0) is 16.4. The first-order chi connectivity index (χ1) is 10.3. The van der Waals surface area contributed by atoms with Crippen molar-refractivity contribution in [2.45, 2.75) is 39.7 Å². The number of aliphatic carboxylic acids is 1. The second kappa shape index (κ2) is 6.27. The van der Waals surface area contributed by atoms with Gasteiger partial charge in [0.1, 0.15) is 16.7 Å². The summed E-state index contributed by atoms with van der Waals surface area (Å²) in [4.78, 5) is 43.1. The molecule has 2 aromatic heterocycles. The van der Waals surface area contributed by atoms with Gasteiger partial charge in [0.15, 0.2) is 0 Å². The Morgan fingerprint density at radius 1 is 1.41 bits per heavy atom. The third kappa shape index (κ3) is 3.33. The van der Waals surface area contributed by atoms with E-state index in [-0.39, 0.29) is 18.4 Å². The van der Waals surface area contributed by atoms with E-state index in [4.69, 9.17) is 5.11 Å². The number of nitrogens with one attached hydrogen (secondary N) is 2. The standard InChI is InChI=1S/C14H17N3O4S/c1-6-8(3)22-13-11(6)12(19)16-9(17-13)4-5-10(18)15-7(2)14(20)21/h7H,4-5H2,1-3H3,(H,15,18)(H,20,21)(H,16,17,19). The van der Waals surface area contributed by atoms with Crippen molar-refractivity contribution < 1.29 is 14.7 Å². The molecule has 0 radical (unpaired) electrons. The van der Waals surface area contributed by atoms with Gasteiger partial charge in [0.05, 0.1) is 5.39 Å². The van der Waals surface area contributed by atoms with Crippen LogP contribution < -0.4 is 10.9 Å². The molecule has 22 heavy (non-hydrogen) atoms. The number of H-pyrrole nitrogens is 1. The topological polar surface area (TPSA) is 112 Å². The fourth-order valence-electron chi connectivity index (χ4n) is 2.02. The van der Waals surface area contributed by atoms with E-state index >= 15 is 0 Å². The first-order valence-electron chi connectivity index (χ1n) is 6.80. The number of carboxylic acid groups (broad SMARTS) is 1. The molecule has 0 aromatic carbocycles. The maximum Gasteiger partial charge on any atom is 0.325 e. The molecule has 8 heteroatoms. The number of nitrogens with zero attached hydrogens (tertiary/aromatic N) is 1. The summed E-state index contributed by atoms with van der Waals surface area (Å²) in [7, 11) is 0. The highest BCUT2D eigenvalue weighted by atomic mass is 32.1. The van der Waals surface area contributed by atoms with Gasteiger partial charge in [-0.1, -0.05) is 0 Å². The Kier molecular flexibility index (Phi) is 4.60. The maximum atomic E-state index is 12.1. The molecule has 0 aliphatic heterocycles. The van der Waals surface area contributed by atoms with Crippen molar-refractivity contribution in [2.75, 3.05) is 0 Å². The maximum absolute atomic E-state index is 12.1. The molecule has 1 atom stereocenters. The highest BCUT2D eigenvalue weighted by Crippen LogP contribution is 2.25. The third-order valence-electron chi connectivity index (χ3n) is 3.42. The molecule has 0 fully saturated rings. The molecule has 0 aliphatic carbocycles. The molecule has 118 valence electrons. The van der Waals surface area contributed by atoms with Gasteiger partial charge in [-0.3, -0.25) is 14.4 Å². The number of carboxylic acids is 1. The summed E-state index contributed by atoms with van der Waals surface area (Å²) in [6, 6.07) is -0.940. The van der Waals surface area contributed by atoms with Gasteiger partial charge in [-0.05, 0) is 26.3 Å². The molecule has 2 aromatic rings. The van der Waals surface area contributed by atoms with Gasteiger partial charge < -0.3 is 15.4 Å². The second-order valence-corrected chi connectivity index (χ2v) is 6.31. The number of aromatic nitrogens is 2. The van der Waals surface area contributed by atoms with Crippen LogP contribution in [-0.2, 0) is 16.0 Å². The smallest absolute Gasteiger partial charge is 0.325 e. The number of amides is 1. The van der Waals surface area contributed by atoms with Crippen LogP contribution in [0.4, 0.5) is 0 Å². The van der Waals surface area contributed by atoms with Crippen LogP contribution in [0.1, 0.15) is 29.6 Å². The molecule has 7 nitrogen and oxygen atoms in total. The molecule has 2 heterocycles. The van der Waals surface area contributed by atoms with Crippen molar-refractivity contribution in [3.8, 4) is 0 Å². The van der Waals surface area contributed by atoms with Crippen molar-refractivity contribution >= 4 is 33.4 Å². The molecule has 0 saturated carbocycles. The number of aromatic amines is 1. The number of hydrogen-bond donors (Lipinski definition) is 3. The molecule has 3 N–H and O–H groups in total. The molecule has 1 unspecified atom stereocenters. The van der Waals surface area contributed by atoms with Crippen molar-refractivity contribution in [1.82, 2.24) is 15.3 Å². The van der Waals surface area contributed by atoms with Crippen molar-refractivity contribution in [1.29, 1.82) is 0 Å². The lowest BCUT2D eigenvalue weighted by molar-refractivity contribution is -0.141. The molecule has 0 saturated heterocycles. The van der Waals surface area contributed by atoms with E-state index in [2.05, 4.69) is 15.3 Å². The van der Waals surface area contributed by atoms with E-state index < -0.39 is 17.9 Å². The molecular formula is C14H17N3O4S. The summed E-state index contributed by atoms with van der Waals surface area (Å²) in [5, 5.41) is 11.7. The summed E-state index contributed by atoms with van der Waals surface area (Å²) in [5.41, 5.74) is 0.717. The zero-order valence-corrected chi connectivity index (χ0v) is 13.3. The van der Waals surface area contributed by atoms with E-state index in [1.165, 1.54) is 18.3 Å². The van der Waals surface area contributed by atoms with Crippen LogP contribution >= 0.6 is 11.3 Å². The molecule has 0 aliphatic rings. The Bertz CT molecular complexity index is 793. The van der Waals surface area contributed by atoms with Crippen molar-refractivity contribution in [3.63, 3.8) is 0 Å². The van der Waals surface area contributed by atoms with E-state index in [9.17, 15) is 14.4 Å². The normalized spacial score (nSPS) is 12.3. The number of hydrogen-bond acceptors (Lipinski definition) is 5. The zero-order valence-electron chi connectivity index (χ0n) is 12.5. The predicted octanol–water partition coefficient (Wildman–Crippen LogP) is 1.12. The minimum Gasteiger partial charge on any atom is -0.480 e. The average molecular weight is 323 g/mol. The number of aryl methyl sites for hydroxylation is 3. The lowest BCUT2D eigenvalue weighted by Crippen LogP contribution is -2.38. The van der Waals surface area contributed by atoms with Crippen LogP contribution in [0.3, 0.4) is 0 Å². The van der Waals surface area contributed by atoms with Crippen LogP contribution in [0.5, 0.6) is 0 Å². The predicted molar refractivity (Wildman–Crippen MR) is 83.3 cm³/mol. The fraction of sp³-hybridized carbons (Fsp3) is 0.429. The van der Waals surface area contributed by atoms with Crippen molar-refractivity contribution in [2.24, 2.45) is 0 Å². The van der Waals surface area contributed by atoms with Crippen LogP contribution in [0.15, 0.2) is 4.79 Å². The monoisotopic (exact) mass is 323 g/mol. The molecule has 1 amide bonds. The number of carbonyl (C=O) groups is 2. The van der Waals surface area contributed by atoms with Gasteiger partial charge in [0, 0.05) is 17.7 Å². The Morgan fingerprint density at radius 3 is 2.73 bits per heavy atom. The highest BCUT2D eigenvalue weighted by molar-refractivity contribution is 7.18. The Morgan fingerprint density at radius 2 is 2.09 bits per heavy atom. The molecule has 0 bridgehead atoms. The Balaban J connectivity index is 2.11. The molecular weight excluding hydrogens is 306 g/mol. The van der Waals surface area contributed by atoms with Gasteiger partial charge >= 0.3 is 5.97 Å². The fourth-order valence-corrected chi connectivity index (χ4v) is 3.07. The van der Waals surface area contributed by atoms with Crippen LogP contribution in [0.2, 0.25) is 0 Å². The summed E-state index contributed by atoms with van der Waals surface area (Å²) in [6.45, 7) is 5.20. The SMILES string of the molecule is Cc1sc2nc(CCC(=O)NC(C)C(=O)O)[nH]c(=O)c2c1C. The first-order valence-corrected chi connectivity index (χ1v) is 7.62. The van der Waals surface area contributed by atoms with Gasteiger partial charge in [-0.2, -0.15) is 0 Å². The quantitative estimate of drug-likeness (QED) is 0.763.